The summed E-state index contributed by atoms with van der Waals surface area (Å²) in [5.74, 6) is 0. The van der Waals surface area contributed by atoms with E-state index in [1.54, 1.807) is 0 Å². The van der Waals surface area contributed by atoms with E-state index in [0.29, 0.717) is 6.26 Å². The molecule has 130 valence electrons. The van der Waals surface area contributed by atoms with Gasteiger partial charge in [0.2, 0.25) is 0 Å². The molecule has 0 saturated heterocycles. The van der Waals surface area contributed by atoms with Crippen molar-refractivity contribution in [1.29, 1.82) is 0 Å². The first-order chi connectivity index (χ1) is 12.4. The van der Waals surface area contributed by atoms with Gasteiger partial charge in [0.15, 0.2) is 0 Å². The van der Waals surface area contributed by atoms with Gasteiger partial charge in [-0.3, -0.25) is 4.55 Å². The van der Waals surface area contributed by atoms with Crippen molar-refractivity contribution in [2.45, 2.75) is 6.42 Å². The van der Waals surface area contributed by atoms with E-state index in [9.17, 15) is 8.42 Å². The second kappa shape index (κ2) is 6.24. The zero-order valence-corrected chi connectivity index (χ0v) is 15.1. The van der Waals surface area contributed by atoms with E-state index in [-0.39, 0.29) is 0 Å². The molecule has 0 saturated carbocycles. The van der Waals surface area contributed by atoms with Gasteiger partial charge >= 0.3 is 0 Å². The molecule has 0 aliphatic heterocycles. The average molecular weight is 362 g/mol. The highest BCUT2D eigenvalue weighted by molar-refractivity contribution is 7.85. The summed E-state index contributed by atoms with van der Waals surface area (Å²) in [6.07, 6.45) is 10.8. The second-order valence-electron chi connectivity index (χ2n) is 6.54. The van der Waals surface area contributed by atoms with E-state index in [2.05, 4.69) is 72.8 Å². The summed E-state index contributed by atoms with van der Waals surface area (Å²) in [5, 5.41) is 5.50. The maximum Gasteiger partial charge on any atom is 0.261 e. The van der Waals surface area contributed by atoms with Crippen molar-refractivity contribution in [2.24, 2.45) is 0 Å². The van der Waals surface area contributed by atoms with Crippen LogP contribution in [-0.4, -0.2) is 19.2 Å². The minimum atomic E-state index is -3.67. The predicted molar refractivity (Wildman–Crippen MR) is 108 cm³/mol. The summed E-state index contributed by atoms with van der Waals surface area (Å²) in [6.45, 7) is 0. The van der Waals surface area contributed by atoms with Crippen LogP contribution in [0.25, 0.3) is 27.6 Å². The van der Waals surface area contributed by atoms with Crippen LogP contribution in [-0.2, 0) is 16.5 Å². The molecular formula is C22H18O3S. The second-order valence-corrected chi connectivity index (χ2v) is 8.01. The highest BCUT2D eigenvalue weighted by atomic mass is 32.2. The van der Waals surface area contributed by atoms with Gasteiger partial charge < -0.3 is 0 Å². The van der Waals surface area contributed by atoms with Gasteiger partial charge in [0.05, 0.1) is 6.26 Å². The van der Waals surface area contributed by atoms with E-state index < -0.39 is 10.1 Å². The maximum atomic E-state index is 9.19. The Hall–Kier alpha value is -2.69. The Labute approximate surface area is 152 Å². The van der Waals surface area contributed by atoms with Crippen LogP contribution in [0.15, 0.2) is 77.9 Å². The van der Waals surface area contributed by atoms with Crippen LogP contribution in [0.5, 0.6) is 0 Å². The highest BCUT2D eigenvalue weighted by Gasteiger charge is 2.20. The number of fused-ring (bicyclic) bond motifs is 7. The fraction of sp³-hybridized carbons (Fsp3) is 0.0909. The van der Waals surface area contributed by atoms with Crippen LogP contribution in [0, 0.1) is 0 Å². The van der Waals surface area contributed by atoms with Crippen LogP contribution in [0.2, 0.25) is 0 Å². The summed E-state index contributed by atoms with van der Waals surface area (Å²) in [7, 11) is -3.67. The molecule has 0 amide bonds. The van der Waals surface area contributed by atoms with E-state index in [1.807, 2.05) is 0 Å². The van der Waals surface area contributed by atoms with E-state index >= 15 is 0 Å². The maximum absolute atomic E-state index is 9.19. The van der Waals surface area contributed by atoms with Crippen molar-refractivity contribution in [2.75, 3.05) is 6.26 Å². The van der Waals surface area contributed by atoms with Crippen molar-refractivity contribution in [3.63, 3.8) is 0 Å². The van der Waals surface area contributed by atoms with Crippen LogP contribution in [0.4, 0.5) is 0 Å². The van der Waals surface area contributed by atoms with Crippen LogP contribution in [0.1, 0.15) is 11.1 Å². The number of hydrogen-bond donors (Lipinski definition) is 1. The molecule has 1 N–H and O–H groups in total. The molecule has 0 bridgehead atoms. The topological polar surface area (TPSA) is 54.4 Å². The van der Waals surface area contributed by atoms with Gasteiger partial charge in [-0.05, 0) is 56.3 Å². The third-order valence-corrected chi connectivity index (χ3v) is 4.70. The van der Waals surface area contributed by atoms with E-state index in [4.69, 9.17) is 4.55 Å². The predicted octanol–water partition coefficient (Wildman–Crippen LogP) is 4.93. The lowest BCUT2D eigenvalue weighted by atomic mass is 9.83. The Balaban J connectivity index is 0.000000301. The first kappa shape index (κ1) is 16.8. The molecule has 26 heavy (non-hydrogen) atoms. The molecule has 0 fully saturated rings. The Bertz CT molecular complexity index is 1220. The first-order valence-electron chi connectivity index (χ1n) is 8.36. The average Bonchev–Trinajstić information content (AvgIpc) is 3.07. The minimum Gasteiger partial charge on any atom is -0.286 e. The van der Waals surface area contributed by atoms with Crippen molar-refractivity contribution >= 4 is 37.7 Å². The molecule has 3 nitrogen and oxygen atoms in total. The molecule has 4 heteroatoms. The molecule has 3 aromatic carbocycles. The number of benzene rings is 3. The summed E-state index contributed by atoms with van der Waals surface area (Å²) in [5.41, 5.74) is 5.71. The Morgan fingerprint density at radius 2 is 1.42 bits per heavy atom. The molecule has 2 aliphatic carbocycles. The van der Waals surface area contributed by atoms with E-state index in [1.165, 1.54) is 43.8 Å². The standard InChI is InChI=1S/C21H14.CH4O3S/c1-3-10-18-16(8-1)17-9-2-4-11-19(17)21-13-15-7-5-6-14(15)12-20(18)21;1-5(2,3)4/h1-12H,13H2;1H3,(H,2,3,4). The molecule has 0 atom stereocenters. The van der Waals surface area contributed by atoms with Gasteiger partial charge in [-0.15, -0.1) is 0 Å². The van der Waals surface area contributed by atoms with Crippen LogP contribution >= 0.6 is 0 Å². The lowest BCUT2D eigenvalue weighted by Gasteiger charge is -2.21. The normalized spacial score (nSPS) is 15.0. The fourth-order valence-corrected chi connectivity index (χ4v) is 3.72. The van der Waals surface area contributed by atoms with Gasteiger partial charge in [-0.25, -0.2) is 0 Å². The number of hydrogen-bond acceptors (Lipinski definition) is 2. The third-order valence-electron chi connectivity index (χ3n) is 4.70. The molecule has 5 rings (SSSR count). The van der Waals surface area contributed by atoms with Gasteiger partial charge in [-0.1, -0.05) is 66.8 Å². The Morgan fingerprint density at radius 1 is 0.885 bits per heavy atom. The lowest BCUT2D eigenvalue weighted by molar-refractivity contribution is 0.490. The fourth-order valence-electron chi connectivity index (χ4n) is 3.72. The van der Waals surface area contributed by atoms with Crippen molar-refractivity contribution in [3.05, 3.63) is 89.0 Å². The molecule has 3 aromatic rings. The van der Waals surface area contributed by atoms with Gasteiger partial charge in [0, 0.05) is 0 Å². The van der Waals surface area contributed by atoms with Gasteiger partial charge in [-0.2, -0.15) is 8.42 Å². The number of rotatable bonds is 0. The molecule has 0 aromatic heterocycles. The lowest BCUT2D eigenvalue weighted by Crippen LogP contribution is -2.02. The van der Waals surface area contributed by atoms with Gasteiger partial charge in [0.25, 0.3) is 10.1 Å². The first-order valence-corrected chi connectivity index (χ1v) is 10.2. The SMILES string of the molecule is C1=CC2=Cc3c(c4ccccc4c4ccccc34)CC2=C1.CS(=O)(=O)O. The summed E-state index contributed by atoms with van der Waals surface area (Å²) in [6, 6.07) is 17.6. The van der Waals surface area contributed by atoms with Crippen molar-refractivity contribution < 1.29 is 13.0 Å². The summed E-state index contributed by atoms with van der Waals surface area (Å²) in [4.78, 5) is 0. The molecule has 2 aliphatic rings. The number of allylic oxidation sites excluding steroid dienone is 5. The van der Waals surface area contributed by atoms with Gasteiger partial charge in [0.1, 0.15) is 0 Å². The monoisotopic (exact) mass is 362 g/mol. The smallest absolute Gasteiger partial charge is 0.261 e. The molecule has 0 radical (unpaired) electrons. The zero-order valence-electron chi connectivity index (χ0n) is 14.3. The van der Waals surface area contributed by atoms with E-state index in [0.717, 1.165) is 6.42 Å². The quantitative estimate of drug-likeness (QED) is 0.455. The third kappa shape index (κ3) is 3.09. The minimum absolute atomic E-state index is 0.715. The summed E-state index contributed by atoms with van der Waals surface area (Å²) < 4.78 is 25.9. The Kier molecular flexibility index (Phi) is 4.02. The highest BCUT2D eigenvalue weighted by Crippen LogP contribution is 2.40. The summed E-state index contributed by atoms with van der Waals surface area (Å²) >= 11 is 0. The molecular weight excluding hydrogens is 344 g/mol. The molecule has 0 unspecified atom stereocenters. The van der Waals surface area contributed by atoms with Crippen molar-refractivity contribution in [1.82, 2.24) is 0 Å². The van der Waals surface area contributed by atoms with Crippen molar-refractivity contribution in [3.8, 4) is 0 Å². The Morgan fingerprint density at radius 3 is 2.08 bits per heavy atom. The molecule has 0 heterocycles. The largest absolute Gasteiger partial charge is 0.286 e. The zero-order chi connectivity index (χ0) is 18.3. The van der Waals surface area contributed by atoms with Crippen LogP contribution in [0.3, 0.4) is 0 Å². The van der Waals surface area contributed by atoms with Crippen LogP contribution < -0.4 is 0 Å². The molecule has 0 spiro atoms.